The average molecular weight is 199 g/mol. The second-order valence-corrected chi connectivity index (χ2v) is 3.75. The lowest BCUT2D eigenvalue weighted by molar-refractivity contribution is 0.0990. The second-order valence-electron chi connectivity index (χ2n) is 3.35. The van der Waals surface area contributed by atoms with Gasteiger partial charge < -0.3 is 0 Å². The Kier molecular flexibility index (Phi) is 1.88. The topological polar surface area (TPSA) is 17.1 Å². The van der Waals surface area contributed by atoms with Crippen LogP contribution in [0.3, 0.4) is 0 Å². The van der Waals surface area contributed by atoms with E-state index in [4.69, 9.17) is 11.6 Å². The standard InChI is InChI=1S/C10H8ClFO/c1-5-4-8(13)10-6(11)2-3-7(12)9(5)10/h2-3,5H,4H2,1H3. The van der Waals surface area contributed by atoms with Crippen molar-refractivity contribution in [3.05, 3.63) is 34.1 Å². The number of carbonyl (C=O) groups is 1. The van der Waals surface area contributed by atoms with Gasteiger partial charge in [-0.2, -0.15) is 0 Å². The maximum atomic E-state index is 13.3. The predicted octanol–water partition coefficient (Wildman–Crippen LogP) is 3.17. The Labute approximate surface area is 80.5 Å². The summed E-state index contributed by atoms with van der Waals surface area (Å²) in [7, 11) is 0. The molecule has 68 valence electrons. The Balaban J connectivity index is 2.74. The highest BCUT2D eigenvalue weighted by atomic mass is 35.5. The summed E-state index contributed by atoms with van der Waals surface area (Å²) in [4.78, 5) is 11.4. The third-order valence-electron chi connectivity index (χ3n) is 2.40. The first-order valence-electron chi connectivity index (χ1n) is 4.12. The van der Waals surface area contributed by atoms with Crippen LogP contribution in [0.2, 0.25) is 5.02 Å². The Morgan fingerprint density at radius 1 is 1.54 bits per heavy atom. The lowest BCUT2D eigenvalue weighted by atomic mass is 10.0. The molecule has 1 aromatic carbocycles. The average Bonchev–Trinajstić information content (AvgIpc) is 2.36. The van der Waals surface area contributed by atoms with Crippen molar-refractivity contribution in [1.82, 2.24) is 0 Å². The molecule has 0 fully saturated rings. The molecule has 0 radical (unpaired) electrons. The van der Waals surface area contributed by atoms with E-state index >= 15 is 0 Å². The van der Waals surface area contributed by atoms with E-state index in [-0.39, 0.29) is 17.5 Å². The molecule has 13 heavy (non-hydrogen) atoms. The summed E-state index contributed by atoms with van der Waals surface area (Å²) >= 11 is 5.81. The summed E-state index contributed by atoms with van der Waals surface area (Å²) in [5.41, 5.74) is 0.867. The molecule has 0 saturated carbocycles. The van der Waals surface area contributed by atoms with Gasteiger partial charge in [-0.05, 0) is 18.1 Å². The molecule has 0 N–H and O–H groups in total. The molecule has 3 heteroatoms. The lowest BCUT2D eigenvalue weighted by Crippen LogP contribution is -1.94. The molecule has 1 nitrogen and oxygen atoms in total. The van der Waals surface area contributed by atoms with Crippen molar-refractivity contribution in [3.63, 3.8) is 0 Å². The molecule has 1 aliphatic rings. The fourth-order valence-corrected chi connectivity index (χ4v) is 2.09. The number of ketones is 1. The summed E-state index contributed by atoms with van der Waals surface area (Å²) < 4.78 is 13.3. The second kappa shape index (κ2) is 2.81. The van der Waals surface area contributed by atoms with Crippen LogP contribution < -0.4 is 0 Å². The van der Waals surface area contributed by atoms with Gasteiger partial charge in [0.1, 0.15) is 5.82 Å². The molecule has 0 heterocycles. The first-order valence-corrected chi connectivity index (χ1v) is 4.50. The van der Waals surface area contributed by atoms with E-state index in [9.17, 15) is 9.18 Å². The molecule has 1 unspecified atom stereocenters. The van der Waals surface area contributed by atoms with E-state index in [2.05, 4.69) is 0 Å². The molecule has 0 bridgehead atoms. The van der Waals surface area contributed by atoms with Gasteiger partial charge in [0.05, 0.1) is 5.02 Å². The van der Waals surface area contributed by atoms with Gasteiger partial charge in [0, 0.05) is 17.5 Å². The van der Waals surface area contributed by atoms with Gasteiger partial charge in [-0.1, -0.05) is 18.5 Å². The Bertz CT molecular complexity index is 387. The third-order valence-corrected chi connectivity index (χ3v) is 2.72. The number of carbonyl (C=O) groups excluding carboxylic acids is 1. The summed E-state index contributed by atoms with van der Waals surface area (Å²) in [6.45, 7) is 1.84. The molecule has 1 atom stereocenters. The largest absolute Gasteiger partial charge is 0.294 e. The number of benzene rings is 1. The first kappa shape index (κ1) is 8.70. The maximum Gasteiger partial charge on any atom is 0.165 e. The Hall–Kier alpha value is -0.890. The fourth-order valence-electron chi connectivity index (χ4n) is 1.81. The van der Waals surface area contributed by atoms with Crippen molar-refractivity contribution in [2.24, 2.45) is 0 Å². The molecular weight excluding hydrogens is 191 g/mol. The van der Waals surface area contributed by atoms with Gasteiger partial charge in [-0.25, -0.2) is 4.39 Å². The molecule has 1 aromatic rings. The van der Waals surface area contributed by atoms with E-state index in [0.29, 0.717) is 22.6 Å². The van der Waals surface area contributed by atoms with Crippen LogP contribution in [-0.2, 0) is 0 Å². The van der Waals surface area contributed by atoms with Crippen molar-refractivity contribution in [3.8, 4) is 0 Å². The molecule has 0 amide bonds. The minimum Gasteiger partial charge on any atom is -0.294 e. The fraction of sp³-hybridized carbons (Fsp3) is 0.300. The third kappa shape index (κ3) is 1.17. The van der Waals surface area contributed by atoms with Crippen molar-refractivity contribution < 1.29 is 9.18 Å². The van der Waals surface area contributed by atoms with E-state index in [1.165, 1.54) is 12.1 Å². The van der Waals surface area contributed by atoms with Gasteiger partial charge in [0.2, 0.25) is 0 Å². The van der Waals surface area contributed by atoms with Gasteiger partial charge in [-0.15, -0.1) is 0 Å². The van der Waals surface area contributed by atoms with E-state index in [1.54, 1.807) is 0 Å². The molecule has 0 aromatic heterocycles. The predicted molar refractivity (Wildman–Crippen MR) is 48.8 cm³/mol. The monoisotopic (exact) mass is 198 g/mol. The summed E-state index contributed by atoms with van der Waals surface area (Å²) in [5.74, 6) is -0.411. The summed E-state index contributed by atoms with van der Waals surface area (Å²) in [6, 6.07) is 2.75. The van der Waals surface area contributed by atoms with Crippen molar-refractivity contribution in [1.29, 1.82) is 0 Å². The number of halogens is 2. The van der Waals surface area contributed by atoms with Gasteiger partial charge >= 0.3 is 0 Å². The minimum atomic E-state index is -0.322. The van der Waals surface area contributed by atoms with E-state index in [0.717, 1.165) is 0 Å². The zero-order valence-corrected chi connectivity index (χ0v) is 7.86. The number of hydrogen-bond acceptors (Lipinski definition) is 1. The molecular formula is C10H8ClFO. The summed E-state index contributed by atoms with van der Waals surface area (Å²) in [5, 5.41) is 0.366. The number of rotatable bonds is 0. The number of hydrogen-bond donors (Lipinski definition) is 0. The zero-order chi connectivity index (χ0) is 9.59. The highest BCUT2D eigenvalue weighted by Gasteiger charge is 2.30. The van der Waals surface area contributed by atoms with Crippen LogP contribution in [0.4, 0.5) is 4.39 Å². The lowest BCUT2D eigenvalue weighted by Gasteiger charge is -2.05. The van der Waals surface area contributed by atoms with Gasteiger partial charge in [-0.3, -0.25) is 4.79 Å². The van der Waals surface area contributed by atoms with Crippen LogP contribution in [0.15, 0.2) is 12.1 Å². The van der Waals surface area contributed by atoms with Crippen LogP contribution in [-0.4, -0.2) is 5.78 Å². The van der Waals surface area contributed by atoms with Crippen LogP contribution in [0.1, 0.15) is 35.2 Å². The van der Waals surface area contributed by atoms with E-state index < -0.39 is 0 Å². The normalized spacial score (nSPS) is 20.5. The van der Waals surface area contributed by atoms with Crippen LogP contribution in [0, 0.1) is 5.82 Å². The number of fused-ring (bicyclic) bond motifs is 1. The van der Waals surface area contributed by atoms with Crippen LogP contribution >= 0.6 is 11.6 Å². The molecule has 0 spiro atoms. The van der Waals surface area contributed by atoms with Crippen molar-refractivity contribution in [2.45, 2.75) is 19.3 Å². The van der Waals surface area contributed by atoms with E-state index in [1.807, 2.05) is 6.92 Å². The van der Waals surface area contributed by atoms with Crippen molar-refractivity contribution in [2.75, 3.05) is 0 Å². The summed E-state index contributed by atoms with van der Waals surface area (Å²) in [6.07, 6.45) is 0.371. The van der Waals surface area contributed by atoms with Gasteiger partial charge in [0.25, 0.3) is 0 Å². The zero-order valence-electron chi connectivity index (χ0n) is 7.10. The SMILES string of the molecule is CC1CC(=O)c2c(Cl)ccc(F)c21. The molecule has 2 rings (SSSR count). The molecule has 1 aliphatic carbocycles. The Morgan fingerprint density at radius 3 is 2.85 bits per heavy atom. The maximum absolute atomic E-state index is 13.3. The van der Waals surface area contributed by atoms with Crippen LogP contribution in [0.5, 0.6) is 0 Å². The van der Waals surface area contributed by atoms with Gasteiger partial charge in [0.15, 0.2) is 5.78 Å². The quantitative estimate of drug-likeness (QED) is 0.626. The highest BCUT2D eigenvalue weighted by molar-refractivity contribution is 6.34. The van der Waals surface area contributed by atoms with Crippen molar-refractivity contribution >= 4 is 17.4 Å². The first-order chi connectivity index (χ1) is 6.11. The smallest absolute Gasteiger partial charge is 0.165 e. The van der Waals surface area contributed by atoms with Crippen LogP contribution in [0.25, 0.3) is 0 Å². The number of Topliss-reactive ketones (excluding diaryl/α,β-unsaturated/α-hetero) is 1. The highest BCUT2D eigenvalue weighted by Crippen LogP contribution is 2.38. The Morgan fingerprint density at radius 2 is 2.23 bits per heavy atom. The molecule has 0 saturated heterocycles. The minimum absolute atomic E-state index is 0.0406. The molecule has 0 aliphatic heterocycles.